The van der Waals surface area contributed by atoms with Crippen molar-refractivity contribution in [1.29, 1.82) is 0 Å². The quantitative estimate of drug-likeness (QED) is 0.634. The van der Waals surface area contributed by atoms with E-state index in [0.717, 1.165) is 0 Å². The van der Waals surface area contributed by atoms with Crippen LogP contribution in [0.1, 0.15) is 5.56 Å². The summed E-state index contributed by atoms with van der Waals surface area (Å²) in [6.45, 7) is 1.74. The molecule has 0 amide bonds. The van der Waals surface area contributed by atoms with Gasteiger partial charge in [-0.1, -0.05) is 13.0 Å². The van der Waals surface area contributed by atoms with Gasteiger partial charge in [0, 0.05) is 44.2 Å². The second kappa shape index (κ2) is 3.94. The van der Waals surface area contributed by atoms with Crippen LogP contribution in [-0.2, 0) is 32.7 Å². The average molecular weight is 212 g/mol. The first kappa shape index (κ1) is 9.92. The van der Waals surface area contributed by atoms with Gasteiger partial charge in [-0.15, -0.1) is 11.6 Å². The summed E-state index contributed by atoms with van der Waals surface area (Å²) >= 11 is 0. The maximum Gasteiger partial charge on any atom is 0.0104 e. The molecule has 2 nitrogen and oxygen atoms in total. The van der Waals surface area contributed by atoms with E-state index in [-0.39, 0.29) is 44.2 Å². The molecule has 1 radical (unpaired) electrons. The Kier molecular flexibility index (Phi) is 3.91. The zero-order valence-corrected chi connectivity index (χ0v) is 8.46. The smallest absolute Gasteiger partial charge is 0.0104 e. The molecule has 0 aliphatic rings. The van der Waals surface area contributed by atoms with Gasteiger partial charge >= 0.3 is 0 Å². The first-order valence-corrected chi connectivity index (χ1v) is 2.61. The van der Waals surface area contributed by atoms with Crippen LogP contribution < -0.4 is 0 Å². The first-order chi connectivity index (χ1) is 4.20. The van der Waals surface area contributed by atoms with E-state index in [1.54, 1.807) is 13.0 Å². The molecule has 10 heavy (non-hydrogen) atoms. The minimum atomic E-state index is -0.0295. The van der Waals surface area contributed by atoms with Gasteiger partial charge in [0.1, 0.15) is 0 Å². The molecule has 0 saturated heterocycles. The van der Waals surface area contributed by atoms with Gasteiger partial charge in [0.15, 0.2) is 0 Å². The van der Waals surface area contributed by atoms with Crippen molar-refractivity contribution in [3.05, 3.63) is 23.8 Å². The molecule has 0 bridgehead atoms. The Morgan fingerprint density at radius 1 is 1.30 bits per heavy atom. The first-order valence-electron chi connectivity index (χ1n) is 2.61. The van der Waals surface area contributed by atoms with E-state index in [9.17, 15) is 0 Å². The molecular weight excluding hydrogens is 205 g/mol. The van der Waals surface area contributed by atoms with E-state index in [2.05, 4.69) is 6.07 Å². The molecule has 0 aromatic heterocycles. The molecule has 0 spiro atoms. The largest absolute Gasteiger partial charge is 0.534 e. The molecule has 0 heterocycles. The minimum Gasteiger partial charge on any atom is -0.534 e. The van der Waals surface area contributed by atoms with Crippen molar-refractivity contribution in [2.45, 2.75) is 6.92 Å². The molecule has 1 rings (SSSR count). The summed E-state index contributed by atoms with van der Waals surface area (Å²) in [5.41, 5.74) is 0.716. The van der Waals surface area contributed by atoms with Crippen LogP contribution >= 0.6 is 0 Å². The maximum atomic E-state index is 8.88. The Morgan fingerprint density at radius 3 is 2.30 bits per heavy atom. The summed E-state index contributed by atoms with van der Waals surface area (Å²) < 4.78 is 0. The van der Waals surface area contributed by atoms with Crippen LogP contribution in [0.15, 0.2) is 12.1 Å². The fourth-order valence-corrected chi connectivity index (χ4v) is 0.544. The van der Waals surface area contributed by atoms with Crippen LogP contribution in [0.3, 0.4) is 0 Å². The number of phenolic OH excluding ortho intramolecular Hbond substituents is 2. The summed E-state index contributed by atoms with van der Waals surface area (Å²) in [5, 5.41) is 17.6. The van der Waals surface area contributed by atoms with Gasteiger partial charge in [-0.3, -0.25) is 0 Å². The fourth-order valence-electron chi connectivity index (χ4n) is 0.544. The topological polar surface area (TPSA) is 40.5 Å². The van der Waals surface area contributed by atoms with E-state index in [1.165, 1.54) is 6.07 Å². The second-order valence-corrected chi connectivity index (χ2v) is 1.88. The zero-order valence-electron chi connectivity index (χ0n) is 5.63. The molecule has 0 saturated carbocycles. The predicted octanol–water partition coefficient (Wildman–Crippen LogP) is 1.20. The number of hydrogen-bond acceptors (Lipinski definition) is 2. The van der Waals surface area contributed by atoms with Gasteiger partial charge in [0.25, 0.3) is 0 Å². The van der Waals surface area contributed by atoms with Gasteiger partial charge in [-0.25, -0.2) is 0 Å². The molecular formula is C7H7O2Y-. The van der Waals surface area contributed by atoms with E-state index in [1.807, 2.05) is 0 Å². The van der Waals surface area contributed by atoms with Gasteiger partial charge in [-0.05, 0) is 0 Å². The molecule has 0 atom stereocenters. The van der Waals surface area contributed by atoms with Gasteiger partial charge in [-0.2, -0.15) is 6.07 Å². The Labute approximate surface area is 84.8 Å². The fraction of sp³-hybridized carbons (Fsp3) is 0.143. The molecule has 2 N–H and O–H groups in total. The summed E-state index contributed by atoms with van der Waals surface area (Å²) in [4.78, 5) is 0. The molecule has 0 aliphatic carbocycles. The standard InChI is InChI=1S/C7H7O2.Y/c1-5-2-3-6(8)4-7(5)9;/h2-3,8-9H,1H3;/q-1;. The van der Waals surface area contributed by atoms with Gasteiger partial charge in [0.05, 0.1) is 0 Å². The van der Waals surface area contributed by atoms with Crippen molar-refractivity contribution in [2.24, 2.45) is 0 Å². The minimum absolute atomic E-state index is 0. The van der Waals surface area contributed by atoms with Crippen molar-refractivity contribution in [3.63, 3.8) is 0 Å². The molecule has 0 unspecified atom stereocenters. The number of benzene rings is 1. The van der Waals surface area contributed by atoms with Crippen LogP contribution in [0.25, 0.3) is 0 Å². The Balaban J connectivity index is 0.000000810. The third-order valence-corrected chi connectivity index (χ3v) is 1.11. The van der Waals surface area contributed by atoms with E-state index in [4.69, 9.17) is 10.2 Å². The number of phenols is 2. The SMILES string of the molecule is Cc1ccc(O)[c-]c1O.[Y]. The summed E-state index contributed by atoms with van der Waals surface area (Å²) in [6.07, 6.45) is 0. The van der Waals surface area contributed by atoms with Gasteiger partial charge in [0.2, 0.25) is 0 Å². The van der Waals surface area contributed by atoms with Crippen LogP contribution in [0.5, 0.6) is 11.5 Å². The maximum absolute atomic E-state index is 8.88. The molecule has 0 aliphatic heterocycles. The number of rotatable bonds is 0. The van der Waals surface area contributed by atoms with Crippen molar-refractivity contribution < 1.29 is 42.9 Å². The Hall–Kier alpha value is -0.0761. The monoisotopic (exact) mass is 212 g/mol. The zero-order chi connectivity index (χ0) is 6.85. The molecule has 0 fully saturated rings. The second-order valence-electron chi connectivity index (χ2n) is 1.88. The van der Waals surface area contributed by atoms with Crippen LogP contribution in [0.4, 0.5) is 0 Å². The van der Waals surface area contributed by atoms with Crippen LogP contribution in [0, 0.1) is 13.0 Å². The van der Waals surface area contributed by atoms with Crippen LogP contribution in [0.2, 0.25) is 0 Å². The summed E-state index contributed by atoms with van der Waals surface area (Å²) in [5.74, 6) is -0.0203. The molecule has 51 valence electrons. The van der Waals surface area contributed by atoms with E-state index < -0.39 is 0 Å². The summed E-state index contributed by atoms with van der Waals surface area (Å²) in [6, 6.07) is 5.46. The molecule has 3 heteroatoms. The van der Waals surface area contributed by atoms with Crippen molar-refractivity contribution in [3.8, 4) is 11.5 Å². The van der Waals surface area contributed by atoms with Crippen molar-refractivity contribution >= 4 is 0 Å². The third-order valence-electron chi connectivity index (χ3n) is 1.11. The van der Waals surface area contributed by atoms with E-state index >= 15 is 0 Å². The number of aromatic hydroxyl groups is 2. The Morgan fingerprint density at radius 2 is 1.90 bits per heavy atom. The number of hydrogen-bond donors (Lipinski definition) is 2. The van der Waals surface area contributed by atoms with Crippen LogP contribution in [-0.4, -0.2) is 10.2 Å². The molecule has 1 aromatic rings. The molecule has 1 aromatic carbocycles. The van der Waals surface area contributed by atoms with Crippen molar-refractivity contribution in [1.82, 2.24) is 0 Å². The van der Waals surface area contributed by atoms with E-state index in [0.29, 0.717) is 5.56 Å². The predicted molar refractivity (Wildman–Crippen MR) is 33.3 cm³/mol. The third kappa shape index (κ3) is 2.27. The van der Waals surface area contributed by atoms with Gasteiger partial charge < -0.3 is 10.2 Å². The average Bonchev–Trinajstić information content (AvgIpc) is 1.80. The number of aryl methyl sites for hydroxylation is 1. The van der Waals surface area contributed by atoms with Crippen molar-refractivity contribution in [2.75, 3.05) is 0 Å². The Bertz CT molecular complexity index is 223. The normalized spacial score (nSPS) is 8.50. The summed E-state index contributed by atoms with van der Waals surface area (Å²) in [7, 11) is 0.